The first kappa shape index (κ1) is 12.9. The van der Waals surface area contributed by atoms with E-state index >= 15 is 0 Å². The molecule has 0 aromatic heterocycles. The van der Waals surface area contributed by atoms with Gasteiger partial charge in [0, 0.05) is 13.0 Å². The Hall–Kier alpha value is -1.51. The summed E-state index contributed by atoms with van der Waals surface area (Å²) in [5.41, 5.74) is 1.18. The van der Waals surface area contributed by atoms with Gasteiger partial charge in [-0.25, -0.2) is 0 Å². The van der Waals surface area contributed by atoms with Crippen LogP contribution in [-0.4, -0.2) is 19.1 Å². The fourth-order valence-corrected chi connectivity index (χ4v) is 2.33. The van der Waals surface area contributed by atoms with E-state index in [1.54, 1.807) is 0 Å². The fraction of sp³-hybridized carbons (Fsp3) is 0.533. The maximum atomic E-state index is 11.8. The molecule has 0 radical (unpaired) electrons. The second kappa shape index (κ2) is 6.43. The van der Waals surface area contributed by atoms with Crippen LogP contribution in [0.5, 0.6) is 5.75 Å². The van der Waals surface area contributed by atoms with Gasteiger partial charge in [0.05, 0.1) is 6.61 Å². The minimum Gasteiger partial charge on any atom is -0.493 e. The Balaban J connectivity index is 1.92. The molecule has 1 N–H and O–H groups in total. The lowest BCUT2D eigenvalue weighted by Crippen LogP contribution is -2.27. The van der Waals surface area contributed by atoms with Crippen LogP contribution in [0.4, 0.5) is 0 Å². The number of unbranched alkanes of at least 4 members (excludes halogenated alkanes) is 1. The van der Waals surface area contributed by atoms with Crippen molar-refractivity contribution in [1.82, 2.24) is 5.32 Å². The van der Waals surface area contributed by atoms with Gasteiger partial charge < -0.3 is 10.1 Å². The molecule has 1 unspecified atom stereocenters. The molecular formula is C15H21NO2. The predicted octanol–water partition coefficient (Wildman–Crippen LogP) is 2.86. The van der Waals surface area contributed by atoms with Crippen molar-refractivity contribution < 1.29 is 9.53 Å². The zero-order valence-electron chi connectivity index (χ0n) is 10.9. The number of ether oxygens (including phenoxy) is 1. The minimum absolute atomic E-state index is 0.158. The van der Waals surface area contributed by atoms with Crippen molar-refractivity contribution in [2.24, 2.45) is 0 Å². The minimum atomic E-state index is 0.158. The highest BCUT2D eigenvalue weighted by Gasteiger charge is 2.23. The van der Waals surface area contributed by atoms with E-state index in [-0.39, 0.29) is 5.91 Å². The average molecular weight is 247 g/mol. The monoisotopic (exact) mass is 247 g/mol. The quantitative estimate of drug-likeness (QED) is 0.812. The molecule has 3 heteroatoms. The van der Waals surface area contributed by atoms with Gasteiger partial charge in [-0.15, -0.1) is 0 Å². The second-order valence-electron chi connectivity index (χ2n) is 4.78. The largest absolute Gasteiger partial charge is 0.493 e. The lowest BCUT2D eigenvalue weighted by atomic mass is 9.90. The van der Waals surface area contributed by atoms with Gasteiger partial charge in [0.2, 0.25) is 5.91 Å². The lowest BCUT2D eigenvalue weighted by Gasteiger charge is -2.25. The summed E-state index contributed by atoms with van der Waals surface area (Å²) >= 11 is 0. The lowest BCUT2D eigenvalue weighted by molar-refractivity contribution is -0.121. The smallest absolute Gasteiger partial charge is 0.220 e. The molecule has 2 rings (SSSR count). The van der Waals surface area contributed by atoms with Crippen molar-refractivity contribution in [3.05, 3.63) is 29.8 Å². The van der Waals surface area contributed by atoms with Crippen molar-refractivity contribution in [3.63, 3.8) is 0 Å². The Morgan fingerprint density at radius 2 is 2.28 bits per heavy atom. The molecule has 98 valence electrons. The van der Waals surface area contributed by atoms with Crippen molar-refractivity contribution in [2.45, 2.75) is 38.5 Å². The molecule has 0 fully saturated rings. The van der Waals surface area contributed by atoms with Crippen LogP contribution >= 0.6 is 0 Å². The highest BCUT2D eigenvalue weighted by atomic mass is 16.5. The summed E-state index contributed by atoms with van der Waals surface area (Å²) in [6.45, 7) is 3.63. The van der Waals surface area contributed by atoms with Crippen LogP contribution in [0.1, 0.15) is 44.1 Å². The Morgan fingerprint density at radius 3 is 3.11 bits per heavy atom. The van der Waals surface area contributed by atoms with Crippen LogP contribution in [-0.2, 0) is 4.79 Å². The molecule has 1 aromatic rings. The van der Waals surface area contributed by atoms with Gasteiger partial charge in [-0.2, -0.15) is 0 Å². The van der Waals surface area contributed by atoms with Gasteiger partial charge in [0.25, 0.3) is 0 Å². The molecule has 0 saturated carbocycles. The first-order valence-corrected chi connectivity index (χ1v) is 6.79. The maximum absolute atomic E-state index is 11.8. The molecule has 1 aliphatic rings. The standard InChI is InChI=1S/C15H21NO2/c1-2-3-9-16-15(17)11-12-8-10-18-14-7-5-4-6-13(12)14/h4-7,12H,2-3,8-11H2,1H3,(H,16,17). The Bertz CT molecular complexity index is 403. The van der Waals surface area contributed by atoms with E-state index < -0.39 is 0 Å². The average Bonchev–Trinajstić information content (AvgIpc) is 2.39. The van der Waals surface area contributed by atoms with E-state index in [4.69, 9.17) is 4.74 Å². The number of amides is 1. The summed E-state index contributed by atoms with van der Waals surface area (Å²) in [6, 6.07) is 8.03. The van der Waals surface area contributed by atoms with Gasteiger partial charge in [-0.05, 0) is 30.4 Å². The zero-order chi connectivity index (χ0) is 12.8. The highest BCUT2D eigenvalue weighted by Crippen LogP contribution is 2.35. The SMILES string of the molecule is CCCCNC(=O)CC1CCOc2ccccc21. The number of carbonyl (C=O) groups excluding carboxylic acids is 1. The number of rotatable bonds is 5. The number of hydrogen-bond donors (Lipinski definition) is 1. The third kappa shape index (κ3) is 3.25. The Kier molecular flexibility index (Phi) is 4.62. The van der Waals surface area contributed by atoms with Crippen LogP contribution in [0.25, 0.3) is 0 Å². The van der Waals surface area contributed by atoms with E-state index in [9.17, 15) is 4.79 Å². The third-order valence-electron chi connectivity index (χ3n) is 3.37. The van der Waals surface area contributed by atoms with E-state index in [0.29, 0.717) is 18.9 Å². The summed E-state index contributed by atoms with van der Waals surface area (Å²) in [6.07, 6.45) is 3.67. The van der Waals surface area contributed by atoms with Crippen molar-refractivity contribution in [1.29, 1.82) is 0 Å². The van der Waals surface area contributed by atoms with Gasteiger partial charge in [0.15, 0.2) is 0 Å². The second-order valence-corrected chi connectivity index (χ2v) is 4.78. The number of nitrogens with one attached hydrogen (secondary N) is 1. The number of carbonyl (C=O) groups is 1. The van der Waals surface area contributed by atoms with Crippen molar-refractivity contribution in [3.8, 4) is 5.75 Å². The summed E-state index contributed by atoms with van der Waals surface area (Å²) in [5, 5.41) is 2.98. The van der Waals surface area contributed by atoms with E-state index in [0.717, 1.165) is 31.6 Å². The number of hydrogen-bond acceptors (Lipinski definition) is 2. The molecule has 1 heterocycles. The molecule has 0 spiro atoms. The number of fused-ring (bicyclic) bond motifs is 1. The van der Waals surface area contributed by atoms with Crippen LogP contribution in [0, 0.1) is 0 Å². The molecule has 0 aliphatic carbocycles. The van der Waals surface area contributed by atoms with Crippen molar-refractivity contribution >= 4 is 5.91 Å². The van der Waals surface area contributed by atoms with Gasteiger partial charge in [0.1, 0.15) is 5.75 Å². The molecule has 0 saturated heterocycles. The number of para-hydroxylation sites is 1. The van der Waals surface area contributed by atoms with Crippen LogP contribution in [0.3, 0.4) is 0 Å². The summed E-state index contributed by atoms with van der Waals surface area (Å²) in [5.74, 6) is 1.40. The molecular weight excluding hydrogens is 226 g/mol. The van der Waals surface area contributed by atoms with Gasteiger partial charge in [-0.1, -0.05) is 31.5 Å². The Morgan fingerprint density at radius 1 is 1.44 bits per heavy atom. The third-order valence-corrected chi connectivity index (χ3v) is 3.37. The molecule has 18 heavy (non-hydrogen) atoms. The zero-order valence-corrected chi connectivity index (χ0v) is 10.9. The van der Waals surface area contributed by atoms with E-state index in [1.807, 2.05) is 18.2 Å². The van der Waals surface area contributed by atoms with Gasteiger partial charge >= 0.3 is 0 Å². The first-order chi connectivity index (χ1) is 8.81. The van der Waals surface area contributed by atoms with Crippen molar-refractivity contribution in [2.75, 3.05) is 13.2 Å². The predicted molar refractivity (Wildman–Crippen MR) is 71.8 cm³/mol. The normalized spacial score (nSPS) is 17.7. The molecule has 0 bridgehead atoms. The molecule has 1 amide bonds. The fourth-order valence-electron chi connectivity index (χ4n) is 2.33. The Labute approximate surface area is 109 Å². The van der Waals surface area contributed by atoms with E-state index in [2.05, 4.69) is 18.3 Å². The molecule has 1 aliphatic heterocycles. The molecule has 1 aromatic carbocycles. The van der Waals surface area contributed by atoms with Gasteiger partial charge in [-0.3, -0.25) is 4.79 Å². The van der Waals surface area contributed by atoms with Crippen LogP contribution < -0.4 is 10.1 Å². The summed E-state index contributed by atoms with van der Waals surface area (Å²) in [7, 11) is 0. The first-order valence-electron chi connectivity index (χ1n) is 6.79. The number of benzene rings is 1. The van der Waals surface area contributed by atoms with Crippen LogP contribution in [0.2, 0.25) is 0 Å². The molecule has 1 atom stereocenters. The van der Waals surface area contributed by atoms with Crippen LogP contribution in [0.15, 0.2) is 24.3 Å². The van der Waals surface area contributed by atoms with E-state index in [1.165, 1.54) is 5.56 Å². The summed E-state index contributed by atoms with van der Waals surface area (Å²) in [4.78, 5) is 11.8. The summed E-state index contributed by atoms with van der Waals surface area (Å²) < 4.78 is 5.60. The topological polar surface area (TPSA) is 38.3 Å². The highest BCUT2D eigenvalue weighted by molar-refractivity contribution is 5.77. The molecule has 3 nitrogen and oxygen atoms in total. The maximum Gasteiger partial charge on any atom is 0.220 e.